The monoisotopic (exact) mass is 250 g/mol. The first-order valence-electron chi connectivity index (χ1n) is 6.70. The molecule has 18 heavy (non-hydrogen) atoms. The van der Waals surface area contributed by atoms with Crippen molar-refractivity contribution in [3.05, 3.63) is 11.9 Å². The topological polar surface area (TPSA) is 41.1 Å². The van der Waals surface area contributed by atoms with E-state index in [1.54, 1.807) is 6.33 Å². The van der Waals surface area contributed by atoms with Crippen LogP contribution < -0.4 is 10.2 Å². The number of nitrogens with one attached hydrogen (secondary N) is 1. The smallest absolute Gasteiger partial charge is 0.137 e. The van der Waals surface area contributed by atoms with E-state index in [9.17, 15) is 0 Å². The van der Waals surface area contributed by atoms with Crippen LogP contribution in [-0.4, -0.2) is 30.1 Å². The van der Waals surface area contributed by atoms with E-state index < -0.39 is 0 Å². The Morgan fingerprint density at radius 2 is 1.67 bits per heavy atom. The van der Waals surface area contributed by atoms with Crippen LogP contribution >= 0.6 is 0 Å². The molecule has 0 unspecified atom stereocenters. The lowest BCUT2D eigenvalue weighted by Crippen LogP contribution is -2.32. The highest BCUT2D eigenvalue weighted by atomic mass is 15.2. The van der Waals surface area contributed by atoms with Crippen molar-refractivity contribution in [3.8, 4) is 0 Å². The summed E-state index contributed by atoms with van der Waals surface area (Å²) in [4.78, 5) is 11.1. The van der Waals surface area contributed by atoms with Gasteiger partial charge >= 0.3 is 0 Å². The van der Waals surface area contributed by atoms with Gasteiger partial charge in [-0.1, -0.05) is 27.7 Å². The fraction of sp³-hybridized carbons (Fsp3) is 0.714. The molecule has 102 valence electrons. The lowest BCUT2D eigenvalue weighted by molar-refractivity contribution is 0.547. The number of nitrogens with zero attached hydrogens (tertiary/aromatic N) is 3. The van der Waals surface area contributed by atoms with E-state index in [0.717, 1.165) is 30.3 Å². The highest BCUT2D eigenvalue weighted by Crippen LogP contribution is 2.23. The average molecular weight is 250 g/mol. The second-order valence-electron chi connectivity index (χ2n) is 5.61. The van der Waals surface area contributed by atoms with Crippen LogP contribution in [0.4, 0.5) is 11.6 Å². The molecule has 0 aromatic carbocycles. The third kappa shape index (κ3) is 3.86. The highest BCUT2D eigenvalue weighted by molar-refractivity contribution is 5.57. The maximum atomic E-state index is 4.47. The van der Waals surface area contributed by atoms with Crippen LogP contribution in [-0.2, 0) is 0 Å². The van der Waals surface area contributed by atoms with Crippen LogP contribution in [0.15, 0.2) is 6.33 Å². The molecular formula is C14H26N4. The predicted octanol–water partition coefficient (Wildman–Crippen LogP) is 2.95. The molecule has 1 aromatic rings. The molecule has 0 saturated heterocycles. The summed E-state index contributed by atoms with van der Waals surface area (Å²) in [7, 11) is 1.90. The number of aromatic nitrogens is 2. The molecule has 0 spiro atoms. The van der Waals surface area contributed by atoms with E-state index in [4.69, 9.17) is 0 Å². The normalized spacial score (nSPS) is 11.1. The van der Waals surface area contributed by atoms with Crippen molar-refractivity contribution in [2.24, 2.45) is 11.8 Å². The quantitative estimate of drug-likeness (QED) is 0.843. The minimum atomic E-state index is 0.621. The molecule has 0 atom stereocenters. The van der Waals surface area contributed by atoms with Gasteiger partial charge in [-0.15, -0.1) is 0 Å². The Balaban J connectivity index is 3.03. The minimum Gasteiger partial charge on any atom is -0.373 e. The third-order valence-electron chi connectivity index (χ3n) is 2.76. The molecule has 4 nitrogen and oxygen atoms in total. The molecule has 0 aliphatic rings. The van der Waals surface area contributed by atoms with Crippen LogP contribution in [0, 0.1) is 18.8 Å². The first-order chi connectivity index (χ1) is 8.45. The molecule has 1 aromatic heterocycles. The highest BCUT2D eigenvalue weighted by Gasteiger charge is 2.16. The fourth-order valence-electron chi connectivity index (χ4n) is 2.14. The van der Waals surface area contributed by atoms with E-state index in [1.165, 1.54) is 0 Å². The van der Waals surface area contributed by atoms with E-state index in [0.29, 0.717) is 11.8 Å². The van der Waals surface area contributed by atoms with Crippen LogP contribution in [0.3, 0.4) is 0 Å². The summed E-state index contributed by atoms with van der Waals surface area (Å²) in [6, 6.07) is 0. The Morgan fingerprint density at radius 1 is 1.11 bits per heavy atom. The maximum absolute atomic E-state index is 4.47. The molecule has 1 heterocycles. The number of hydrogen-bond acceptors (Lipinski definition) is 4. The van der Waals surface area contributed by atoms with E-state index in [1.807, 2.05) is 7.05 Å². The zero-order valence-electron chi connectivity index (χ0n) is 12.5. The average Bonchev–Trinajstić information content (AvgIpc) is 2.27. The van der Waals surface area contributed by atoms with Crippen LogP contribution in [0.5, 0.6) is 0 Å². The van der Waals surface area contributed by atoms with Gasteiger partial charge in [-0.25, -0.2) is 9.97 Å². The van der Waals surface area contributed by atoms with Crippen molar-refractivity contribution >= 4 is 11.6 Å². The van der Waals surface area contributed by atoms with Crippen LogP contribution in [0.25, 0.3) is 0 Å². The lowest BCUT2D eigenvalue weighted by atomic mass is 10.1. The molecule has 0 radical (unpaired) electrons. The molecule has 0 amide bonds. The summed E-state index contributed by atoms with van der Waals surface area (Å²) in [6.07, 6.45) is 1.64. The van der Waals surface area contributed by atoms with Gasteiger partial charge in [-0.2, -0.15) is 0 Å². The maximum Gasteiger partial charge on any atom is 0.137 e. The minimum absolute atomic E-state index is 0.621. The second kappa shape index (κ2) is 6.57. The Labute approximate surface area is 111 Å². The van der Waals surface area contributed by atoms with Crippen molar-refractivity contribution in [3.63, 3.8) is 0 Å². The van der Waals surface area contributed by atoms with Crippen LogP contribution in [0.1, 0.15) is 33.3 Å². The molecule has 0 saturated carbocycles. The van der Waals surface area contributed by atoms with Crippen molar-refractivity contribution < 1.29 is 0 Å². The Kier molecular flexibility index (Phi) is 5.38. The van der Waals surface area contributed by atoms with Crippen molar-refractivity contribution in [1.29, 1.82) is 0 Å². The van der Waals surface area contributed by atoms with Gasteiger partial charge in [0, 0.05) is 25.7 Å². The lowest BCUT2D eigenvalue weighted by Gasteiger charge is -2.29. The second-order valence-corrected chi connectivity index (χ2v) is 5.61. The summed E-state index contributed by atoms with van der Waals surface area (Å²) < 4.78 is 0. The number of anilines is 2. The van der Waals surface area contributed by atoms with Gasteiger partial charge < -0.3 is 10.2 Å². The van der Waals surface area contributed by atoms with Gasteiger partial charge in [0.05, 0.1) is 0 Å². The first-order valence-corrected chi connectivity index (χ1v) is 6.70. The largest absolute Gasteiger partial charge is 0.373 e. The van der Waals surface area contributed by atoms with Crippen molar-refractivity contribution in [2.75, 3.05) is 30.4 Å². The Hall–Kier alpha value is -1.32. The molecular weight excluding hydrogens is 224 g/mol. The summed E-state index contributed by atoms with van der Waals surface area (Å²) in [5, 5.41) is 3.12. The molecule has 0 bridgehead atoms. The van der Waals surface area contributed by atoms with E-state index >= 15 is 0 Å². The van der Waals surface area contributed by atoms with E-state index in [-0.39, 0.29) is 0 Å². The van der Waals surface area contributed by atoms with Gasteiger partial charge in [0.15, 0.2) is 0 Å². The van der Waals surface area contributed by atoms with Gasteiger partial charge in [0.1, 0.15) is 18.0 Å². The fourth-order valence-corrected chi connectivity index (χ4v) is 2.14. The Morgan fingerprint density at radius 3 is 2.11 bits per heavy atom. The first kappa shape index (κ1) is 14.7. The molecule has 4 heteroatoms. The molecule has 0 fully saturated rings. The van der Waals surface area contributed by atoms with Crippen molar-refractivity contribution in [1.82, 2.24) is 9.97 Å². The Bertz CT molecular complexity index is 364. The zero-order valence-corrected chi connectivity index (χ0v) is 12.5. The number of hydrogen-bond donors (Lipinski definition) is 1. The number of rotatable bonds is 6. The summed E-state index contributed by atoms with van der Waals surface area (Å²) >= 11 is 0. The molecule has 0 aliphatic carbocycles. The van der Waals surface area contributed by atoms with Gasteiger partial charge in [-0.3, -0.25) is 0 Å². The summed E-state index contributed by atoms with van der Waals surface area (Å²) in [6.45, 7) is 13.1. The predicted molar refractivity (Wildman–Crippen MR) is 78.2 cm³/mol. The van der Waals surface area contributed by atoms with E-state index in [2.05, 4.69) is 54.8 Å². The van der Waals surface area contributed by atoms with Crippen molar-refractivity contribution in [2.45, 2.75) is 34.6 Å². The molecule has 1 rings (SSSR count). The van der Waals surface area contributed by atoms with Gasteiger partial charge in [0.25, 0.3) is 0 Å². The van der Waals surface area contributed by atoms with Gasteiger partial charge in [-0.05, 0) is 18.8 Å². The molecule has 0 aliphatic heterocycles. The SMILES string of the molecule is CNc1ncnc(N(CC(C)C)CC(C)C)c1C. The van der Waals surface area contributed by atoms with Gasteiger partial charge in [0.2, 0.25) is 0 Å². The summed E-state index contributed by atoms with van der Waals surface area (Å²) in [5.41, 5.74) is 1.13. The standard InChI is InChI=1S/C14H26N4/c1-10(2)7-18(8-11(3)4)14-12(5)13(15-6)16-9-17-14/h9-11H,7-8H2,1-6H3,(H,15,16,17). The zero-order chi connectivity index (χ0) is 13.7. The molecule has 1 N–H and O–H groups in total. The third-order valence-corrected chi connectivity index (χ3v) is 2.76. The van der Waals surface area contributed by atoms with Crippen LogP contribution in [0.2, 0.25) is 0 Å². The summed E-state index contributed by atoms with van der Waals surface area (Å²) in [5.74, 6) is 3.21.